The Bertz CT molecular complexity index is 2610. The summed E-state index contributed by atoms with van der Waals surface area (Å²) >= 11 is 1.88. The molecule has 0 radical (unpaired) electrons. The molecule has 1 aliphatic rings. The van der Waals surface area contributed by atoms with E-state index in [0.29, 0.717) is 0 Å². The highest BCUT2D eigenvalue weighted by Gasteiger charge is 2.23. The lowest BCUT2D eigenvalue weighted by molar-refractivity contribution is 1.19. The van der Waals surface area contributed by atoms with Crippen LogP contribution in [0.5, 0.6) is 0 Å². The molecule has 2 aromatic heterocycles. The van der Waals surface area contributed by atoms with E-state index in [1.165, 1.54) is 92.2 Å². The average molecular weight is 576 g/mol. The molecule has 2 heterocycles. The number of rotatable bonds is 1. The van der Waals surface area contributed by atoms with E-state index in [1.807, 2.05) is 11.3 Å². The zero-order chi connectivity index (χ0) is 28.8. The first kappa shape index (κ1) is 24.0. The van der Waals surface area contributed by atoms with Crippen LogP contribution in [0.4, 0.5) is 0 Å². The summed E-state index contributed by atoms with van der Waals surface area (Å²) in [6.07, 6.45) is 0. The van der Waals surface area contributed by atoms with E-state index in [2.05, 4.69) is 156 Å². The van der Waals surface area contributed by atoms with E-state index in [0.717, 1.165) is 0 Å². The zero-order valence-electron chi connectivity index (χ0n) is 23.8. The predicted octanol–water partition coefficient (Wildman–Crippen LogP) is 12.1. The minimum atomic E-state index is 1.18. The third kappa shape index (κ3) is 3.23. The molecule has 1 aliphatic carbocycles. The van der Waals surface area contributed by atoms with Gasteiger partial charge in [0.1, 0.15) is 0 Å². The van der Waals surface area contributed by atoms with Crippen LogP contribution in [0.25, 0.3) is 92.2 Å². The van der Waals surface area contributed by atoms with Crippen LogP contribution in [0.1, 0.15) is 0 Å². The summed E-state index contributed by atoms with van der Waals surface area (Å²) < 4.78 is 5.16. The van der Waals surface area contributed by atoms with Crippen molar-refractivity contribution < 1.29 is 0 Å². The predicted molar refractivity (Wildman–Crippen MR) is 189 cm³/mol. The van der Waals surface area contributed by atoms with Crippen LogP contribution in [0, 0.1) is 0 Å². The Labute approximate surface area is 258 Å². The summed E-state index contributed by atoms with van der Waals surface area (Å²) in [4.78, 5) is 0. The second kappa shape index (κ2) is 9.03. The van der Waals surface area contributed by atoms with E-state index in [4.69, 9.17) is 0 Å². The fraction of sp³-hybridized carbons (Fsp3) is 0. The van der Waals surface area contributed by atoms with Crippen molar-refractivity contribution in [2.45, 2.75) is 0 Å². The van der Waals surface area contributed by atoms with E-state index < -0.39 is 0 Å². The summed E-state index contributed by atoms with van der Waals surface area (Å²) in [5, 5.41) is 5.24. The lowest BCUT2D eigenvalue weighted by Gasteiger charge is -2.24. The molecule has 10 rings (SSSR count). The normalized spacial score (nSPS) is 12.1. The maximum Gasteiger partial charge on any atom is 0.0634 e. The molecule has 0 aliphatic heterocycles. The number of hydrogen-bond acceptors (Lipinski definition) is 1. The van der Waals surface area contributed by atoms with Gasteiger partial charge in [0.25, 0.3) is 0 Å². The van der Waals surface area contributed by atoms with E-state index >= 15 is 0 Å². The highest BCUT2D eigenvalue weighted by Crippen LogP contribution is 2.49. The molecular formula is C42H25NS. The average Bonchev–Trinajstić information content (AvgIpc) is 3.63. The molecular weight excluding hydrogens is 551 g/mol. The van der Waals surface area contributed by atoms with Gasteiger partial charge in [-0.2, -0.15) is 0 Å². The number of aromatic nitrogens is 1. The Morgan fingerprint density at radius 3 is 1.55 bits per heavy atom. The Balaban J connectivity index is 1.36. The molecule has 7 aromatic carbocycles. The van der Waals surface area contributed by atoms with Crippen molar-refractivity contribution in [3.8, 4) is 50.2 Å². The molecule has 44 heavy (non-hydrogen) atoms. The van der Waals surface area contributed by atoms with Crippen LogP contribution in [-0.4, -0.2) is 4.57 Å². The topological polar surface area (TPSA) is 4.93 Å². The molecule has 0 spiro atoms. The van der Waals surface area contributed by atoms with Crippen molar-refractivity contribution in [1.29, 1.82) is 0 Å². The lowest BCUT2D eigenvalue weighted by atomic mass is 9.81. The van der Waals surface area contributed by atoms with Gasteiger partial charge in [-0.3, -0.25) is 0 Å². The molecule has 1 nitrogen and oxygen atoms in total. The van der Waals surface area contributed by atoms with Gasteiger partial charge in [-0.15, -0.1) is 11.3 Å². The van der Waals surface area contributed by atoms with Gasteiger partial charge in [-0.1, -0.05) is 121 Å². The summed E-state index contributed by atoms with van der Waals surface area (Å²) in [5.74, 6) is 0. The number of para-hydroxylation sites is 1. The molecule has 2 heteroatoms. The summed E-state index contributed by atoms with van der Waals surface area (Å²) in [6, 6.07) is 56.0. The molecule has 0 amide bonds. The number of hydrogen-bond donors (Lipinski definition) is 0. The first-order valence-electron chi connectivity index (χ1n) is 15.1. The van der Waals surface area contributed by atoms with Crippen LogP contribution in [0.3, 0.4) is 0 Å². The van der Waals surface area contributed by atoms with Gasteiger partial charge in [0.05, 0.1) is 11.0 Å². The number of thiophene rings is 1. The van der Waals surface area contributed by atoms with Gasteiger partial charge in [-0.05, 0) is 74.8 Å². The Morgan fingerprint density at radius 2 is 0.886 bits per heavy atom. The number of benzene rings is 7. The van der Waals surface area contributed by atoms with E-state index in [-0.39, 0.29) is 0 Å². The molecule has 204 valence electrons. The SMILES string of the molecule is c1ccc2c(c1)-c1ccccc1-c1ccc(-n3c4ccccc4c4ccc5sc6ccccc6c5c43)cc1-c1ccccc1-2. The Hall–Kier alpha value is -5.44. The van der Waals surface area contributed by atoms with Gasteiger partial charge in [0.2, 0.25) is 0 Å². The molecule has 0 N–H and O–H groups in total. The highest BCUT2D eigenvalue weighted by atomic mass is 32.1. The fourth-order valence-corrected chi connectivity index (χ4v) is 8.63. The summed E-state index contributed by atoms with van der Waals surface area (Å²) in [5.41, 5.74) is 13.8. The van der Waals surface area contributed by atoms with Gasteiger partial charge in [0.15, 0.2) is 0 Å². The number of fused-ring (bicyclic) bond motifs is 15. The van der Waals surface area contributed by atoms with Crippen LogP contribution >= 0.6 is 11.3 Å². The first-order valence-corrected chi connectivity index (χ1v) is 15.9. The van der Waals surface area contributed by atoms with Crippen LogP contribution < -0.4 is 0 Å². The van der Waals surface area contributed by atoms with Crippen molar-refractivity contribution in [3.63, 3.8) is 0 Å². The largest absolute Gasteiger partial charge is 0.309 e. The van der Waals surface area contributed by atoms with E-state index in [1.54, 1.807) is 0 Å². The van der Waals surface area contributed by atoms with Crippen molar-refractivity contribution in [2.24, 2.45) is 0 Å². The van der Waals surface area contributed by atoms with Crippen molar-refractivity contribution in [2.75, 3.05) is 0 Å². The molecule has 0 bridgehead atoms. The first-order chi connectivity index (χ1) is 21.8. The maximum absolute atomic E-state index is 2.51. The fourth-order valence-electron chi connectivity index (χ4n) is 7.52. The minimum absolute atomic E-state index is 1.18. The molecule has 0 unspecified atom stereocenters. The minimum Gasteiger partial charge on any atom is -0.309 e. The highest BCUT2D eigenvalue weighted by molar-refractivity contribution is 7.26. The van der Waals surface area contributed by atoms with Gasteiger partial charge < -0.3 is 4.57 Å². The Kier molecular flexibility index (Phi) is 4.94. The third-order valence-electron chi connectivity index (χ3n) is 9.38. The van der Waals surface area contributed by atoms with E-state index in [9.17, 15) is 0 Å². The monoisotopic (exact) mass is 575 g/mol. The molecule has 0 fully saturated rings. The second-order valence-electron chi connectivity index (χ2n) is 11.7. The lowest BCUT2D eigenvalue weighted by Crippen LogP contribution is -2.00. The Morgan fingerprint density at radius 1 is 0.364 bits per heavy atom. The van der Waals surface area contributed by atoms with Gasteiger partial charge >= 0.3 is 0 Å². The zero-order valence-corrected chi connectivity index (χ0v) is 24.6. The summed E-state index contributed by atoms with van der Waals surface area (Å²) in [7, 11) is 0. The molecule has 0 saturated heterocycles. The molecule has 0 atom stereocenters. The quantitative estimate of drug-likeness (QED) is 0.183. The van der Waals surface area contributed by atoms with Gasteiger partial charge in [-0.25, -0.2) is 0 Å². The third-order valence-corrected chi connectivity index (χ3v) is 10.5. The maximum atomic E-state index is 2.51. The van der Waals surface area contributed by atoms with Crippen LogP contribution in [-0.2, 0) is 0 Å². The smallest absolute Gasteiger partial charge is 0.0634 e. The molecule has 0 saturated carbocycles. The van der Waals surface area contributed by atoms with Gasteiger partial charge in [0, 0.05) is 36.6 Å². The standard InChI is InChI=1S/C42H25NS/c1-2-12-28-27(11-1)29-13-3-4-15-31(29)33-22-21-26(25-37(33)32-16-6-5-14-30(28)32)43-38-19-9-7-17-34(38)35-23-24-40-41(42(35)43)36-18-8-10-20-39(36)44-40/h1-25H. The van der Waals surface area contributed by atoms with Crippen LogP contribution in [0.15, 0.2) is 152 Å². The van der Waals surface area contributed by atoms with Crippen LogP contribution in [0.2, 0.25) is 0 Å². The van der Waals surface area contributed by atoms with Crippen molar-refractivity contribution >= 4 is 53.3 Å². The second-order valence-corrected chi connectivity index (χ2v) is 12.7. The summed E-state index contributed by atoms with van der Waals surface area (Å²) in [6.45, 7) is 0. The van der Waals surface area contributed by atoms with Crippen molar-refractivity contribution in [1.82, 2.24) is 4.57 Å². The van der Waals surface area contributed by atoms with Crippen molar-refractivity contribution in [3.05, 3.63) is 152 Å². The molecule has 9 aromatic rings. The number of nitrogens with zero attached hydrogens (tertiary/aromatic N) is 1.